The number of benzene rings is 1. The predicted molar refractivity (Wildman–Crippen MR) is 74.6 cm³/mol. The highest BCUT2D eigenvalue weighted by atomic mass is 16.5. The normalized spacial score (nSPS) is 16.1. The van der Waals surface area contributed by atoms with Crippen LogP contribution in [0.2, 0.25) is 0 Å². The number of esters is 1. The molecule has 0 aromatic heterocycles. The maximum Gasteiger partial charge on any atom is 0.312 e. The highest BCUT2D eigenvalue weighted by molar-refractivity contribution is 5.80. The van der Waals surface area contributed by atoms with Crippen LogP contribution >= 0.6 is 0 Å². The first-order chi connectivity index (χ1) is 8.95. The van der Waals surface area contributed by atoms with Gasteiger partial charge in [0.2, 0.25) is 0 Å². The summed E-state index contributed by atoms with van der Waals surface area (Å²) in [6, 6.07) is 2.14. The number of carbonyl (C=O) groups is 1. The number of ether oxygens (including phenoxy) is 2. The molecule has 0 aliphatic heterocycles. The van der Waals surface area contributed by atoms with E-state index >= 15 is 0 Å². The van der Waals surface area contributed by atoms with Crippen LogP contribution in [-0.4, -0.2) is 20.2 Å². The quantitative estimate of drug-likeness (QED) is 0.782. The second kappa shape index (κ2) is 4.87. The molecule has 3 heteroatoms. The average molecular weight is 262 g/mol. The van der Waals surface area contributed by atoms with E-state index in [0.717, 1.165) is 36.1 Å². The number of methoxy groups -OCH3 is 2. The highest BCUT2D eigenvalue weighted by Crippen LogP contribution is 2.50. The molecule has 19 heavy (non-hydrogen) atoms. The van der Waals surface area contributed by atoms with Gasteiger partial charge in [-0.15, -0.1) is 0 Å². The molecule has 0 radical (unpaired) electrons. The number of aryl methyl sites for hydroxylation is 1. The molecule has 1 aliphatic rings. The average Bonchev–Trinajstić information content (AvgIpc) is 3.16. The molecule has 1 aromatic rings. The number of rotatable bonds is 4. The third-order valence-electron chi connectivity index (χ3n) is 4.34. The minimum Gasteiger partial charge on any atom is -0.496 e. The first-order valence-corrected chi connectivity index (χ1v) is 6.67. The molecule has 0 heterocycles. The van der Waals surface area contributed by atoms with Crippen LogP contribution in [0.1, 0.15) is 35.1 Å². The molecule has 0 saturated heterocycles. The highest BCUT2D eigenvalue weighted by Gasteiger charge is 2.51. The second-order valence-corrected chi connectivity index (χ2v) is 5.58. The van der Waals surface area contributed by atoms with Crippen molar-refractivity contribution in [2.75, 3.05) is 14.2 Å². The fraction of sp³-hybridized carbons (Fsp3) is 0.562. The summed E-state index contributed by atoms with van der Waals surface area (Å²) in [5.74, 6) is 0.877. The Morgan fingerprint density at radius 3 is 2.32 bits per heavy atom. The van der Waals surface area contributed by atoms with Gasteiger partial charge in [-0.2, -0.15) is 0 Å². The molecule has 1 aromatic carbocycles. The smallest absolute Gasteiger partial charge is 0.312 e. The molecule has 0 spiro atoms. The minimum atomic E-state index is -0.271. The van der Waals surface area contributed by atoms with E-state index in [9.17, 15) is 4.79 Å². The van der Waals surface area contributed by atoms with Gasteiger partial charge in [0.15, 0.2) is 0 Å². The summed E-state index contributed by atoms with van der Waals surface area (Å²) in [5.41, 5.74) is 4.48. The summed E-state index contributed by atoms with van der Waals surface area (Å²) < 4.78 is 10.4. The minimum absolute atomic E-state index is 0.0713. The number of carbonyl (C=O) groups excluding carboxylic acids is 1. The largest absolute Gasteiger partial charge is 0.496 e. The summed E-state index contributed by atoms with van der Waals surface area (Å²) in [6.07, 6.45) is 2.64. The first-order valence-electron chi connectivity index (χ1n) is 6.67. The first kappa shape index (κ1) is 13.9. The maximum absolute atomic E-state index is 11.9. The molecule has 1 saturated carbocycles. The summed E-state index contributed by atoms with van der Waals surface area (Å²) in [6.45, 7) is 6.22. The molecule has 1 aliphatic carbocycles. The zero-order chi connectivity index (χ0) is 14.2. The Morgan fingerprint density at radius 1 is 1.21 bits per heavy atom. The van der Waals surface area contributed by atoms with Gasteiger partial charge in [0, 0.05) is 0 Å². The lowest BCUT2D eigenvalue weighted by atomic mass is 9.90. The number of hydrogen-bond donors (Lipinski definition) is 0. The summed E-state index contributed by atoms with van der Waals surface area (Å²) in [4.78, 5) is 11.9. The van der Waals surface area contributed by atoms with E-state index in [4.69, 9.17) is 9.47 Å². The lowest BCUT2D eigenvalue weighted by Crippen LogP contribution is -2.20. The molecule has 0 N–H and O–H groups in total. The van der Waals surface area contributed by atoms with Crippen molar-refractivity contribution < 1.29 is 14.3 Å². The van der Waals surface area contributed by atoms with Gasteiger partial charge in [0.05, 0.1) is 19.6 Å². The van der Waals surface area contributed by atoms with Crippen LogP contribution in [0.3, 0.4) is 0 Å². The van der Waals surface area contributed by atoms with E-state index < -0.39 is 0 Å². The van der Waals surface area contributed by atoms with E-state index in [1.165, 1.54) is 18.2 Å². The van der Waals surface area contributed by atoms with E-state index in [-0.39, 0.29) is 11.4 Å². The topological polar surface area (TPSA) is 35.5 Å². The van der Waals surface area contributed by atoms with E-state index in [2.05, 4.69) is 19.9 Å². The van der Waals surface area contributed by atoms with Gasteiger partial charge in [0.25, 0.3) is 0 Å². The van der Waals surface area contributed by atoms with Crippen molar-refractivity contribution in [1.29, 1.82) is 0 Å². The van der Waals surface area contributed by atoms with Crippen LogP contribution in [0.5, 0.6) is 5.75 Å². The van der Waals surface area contributed by atoms with Crippen molar-refractivity contribution in [2.24, 2.45) is 5.41 Å². The van der Waals surface area contributed by atoms with Crippen molar-refractivity contribution in [2.45, 2.75) is 40.0 Å². The second-order valence-electron chi connectivity index (χ2n) is 5.58. The Bertz CT molecular complexity index is 513. The van der Waals surface area contributed by atoms with Crippen molar-refractivity contribution in [3.63, 3.8) is 0 Å². The fourth-order valence-corrected chi connectivity index (χ4v) is 2.82. The van der Waals surface area contributed by atoms with E-state index in [1.807, 2.05) is 6.92 Å². The van der Waals surface area contributed by atoms with Crippen molar-refractivity contribution in [1.82, 2.24) is 0 Å². The van der Waals surface area contributed by atoms with Crippen LogP contribution in [0, 0.1) is 26.2 Å². The SMILES string of the molecule is COC(=O)C1(Cc2cc(C)c(OC)c(C)c2C)CC1. The van der Waals surface area contributed by atoms with Gasteiger partial charge in [-0.25, -0.2) is 0 Å². The number of hydrogen-bond acceptors (Lipinski definition) is 3. The third-order valence-corrected chi connectivity index (χ3v) is 4.34. The Kier molecular flexibility index (Phi) is 3.57. The molecule has 104 valence electrons. The van der Waals surface area contributed by atoms with Crippen LogP contribution in [0.4, 0.5) is 0 Å². The van der Waals surface area contributed by atoms with Crippen LogP contribution < -0.4 is 4.74 Å². The van der Waals surface area contributed by atoms with E-state index in [0.29, 0.717) is 0 Å². The lowest BCUT2D eigenvalue weighted by molar-refractivity contribution is -0.147. The molecule has 0 atom stereocenters. The zero-order valence-electron chi connectivity index (χ0n) is 12.4. The molecular formula is C16H22O3. The zero-order valence-corrected chi connectivity index (χ0v) is 12.4. The Morgan fingerprint density at radius 2 is 1.84 bits per heavy atom. The molecule has 0 unspecified atom stereocenters. The van der Waals surface area contributed by atoms with Crippen LogP contribution in [-0.2, 0) is 16.0 Å². The lowest BCUT2D eigenvalue weighted by Gasteiger charge is -2.19. The molecule has 3 nitrogen and oxygen atoms in total. The summed E-state index contributed by atoms with van der Waals surface area (Å²) >= 11 is 0. The van der Waals surface area contributed by atoms with Gasteiger partial charge in [-0.1, -0.05) is 6.07 Å². The van der Waals surface area contributed by atoms with Crippen LogP contribution in [0.15, 0.2) is 6.07 Å². The van der Waals surface area contributed by atoms with Crippen molar-refractivity contribution >= 4 is 5.97 Å². The predicted octanol–water partition coefficient (Wildman–Crippen LogP) is 3.12. The van der Waals surface area contributed by atoms with Gasteiger partial charge in [-0.3, -0.25) is 4.79 Å². The molecular weight excluding hydrogens is 240 g/mol. The summed E-state index contributed by atoms with van der Waals surface area (Å²) in [5, 5.41) is 0. The molecule has 0 amide bonds. The molecule has 0 bridgehead atoms. The standard InChI is InChI=1S/C16H22O3/c1-10-8-13(11(2)12(3)14(10)18-4)9-16(6-7-16)15(17)19-5/h8H,6-7,9H2,1-5H3. The monoisotopic (exact) mass is 262 g/mol. The van der Waals surface area contributed by atoms with Crippen LogP contribution in [0.25, 0.3) is 0 Å². The maximum atomic E-state index is 11.9. The Labute approximate surface area is 114 Å². The van der Waals surface area contributed by atoms with Gasteiger partial charge in [-0.05, 0) is 62.3 Å². The molecule has 1 fully saturated rings. The van der Waals surface area contributed by atoms with E-state index in [1.54, 1.807) is 7.11 Å². The van der Waals surface area contributed by atoms with Crippen molar-refractivity contribution in [3.05, 3.63) is 28.3 Å². The fourth-order valence-electron chi connectivity index (χ4n) is 2.82. The van der Waals surface area contributed by atoms with Gasteiger partial charge < -0.3 is 9.47 Å². The van der Waals surface area contributed by atoms with Gasteiger partial charge >= 0.3 is 5.97 Å². The third kappa shape index (κ3) is 2.34. The Balaban J connectivity index is 2.35. The Hall–Kier alpha value is -1.51. The van der Waals surface area contributed by atoms with Gasteiger partial charge in [0.1, 0.15) is 5.75 Å². The van der Waals surface area contributed by atoms with Crippen molar-refractivity contribution in [3.8, 4) is 5.75 Å². The molecule has 2 rings (SSSR count). The summed E-state index contributed by atoms with van der Waals surface area (Å²) in [7, 11) is 3.17.